The van der Waals surface area contributed by atoms with Crippen molar-refractivity contribution < 1.29 is 64.6 Å². The zero-order valence-electron chi connectivity index (χ0n) is 53.0. The number of carbonyl (C=O) groups excluding carboxylic acids is 1. The van der Waals surface area contributed by atoms with Gasteiger partial charge in [0, 0.05) is 6.42 Å². The number of rotatable bonds is 52. The van der Waals surface area contributed by atoms with E-state index in [0.717, 1.165) is 116 Å². The summed E-state index contributed by atoms with van der Waals surface area (Å²) in [6.45, 7) is 2.65. The maximum Gasteiger partial charge on any atom is 0.220 e. The monoisotopic (exact) mass is 1210 g/mol. The van der Waals surface area contributed by atoms with Gasteiger partial charge < -0.3 is 65.1 Å². The zero-order valence-corrected chi connectivity index (χ0v) is 53.0. The van der Waals surface area contributed by atoms with Gasteiger partial charge in [0.15, 0.2) is 12.6 Å². The quantitative estimate of drug-likeness (QED) is 0.0204. The Kier molecular flexibility index (Phi) is 50.2. The number of nitrogens with one attached hydrogen (secondary N) is 1. The summed E-state index contributed by atoms with van der Waals surface area (Å²) in [6.07, 6.45) is 65.0. The predicted octanol–water partition coefficient (Wildman–Crippen LogP) is 13.1. The van der Waals surface area contributed by atoms with Crippen LogP contribution >= 0.6 is 0 Å². The molecule has 14 nitrogen and oxygen atoms in total. The number of allylic oxidation sites excluding steroid dienone is 21. The minimum absolute atomic E-state index is 0.254. The first-order chi connectivity index (χ1) is 42.1. The van der Waals surface area contributed by atoms with E-state index in [2.05, 4.69) is 141 Å². The van der Waals surface area contributed by atoms with Gasteiger partial charge in [0.1, 0.15) is 48.8 Å². The minimum Gasteiger partial charge on any atom is -0.394 e. The molecule has 0 spiro atoms. The number of carbonyl (C=O) groups is 1. The third-order valence-electron chi connectivity index (χ3n) is 15.3. The summed E-state index contributed by atoms with van der Waals surface area (Å²) in [5.74, 6) is -0.254. The second-order valence-corrected chi connectivity index (χ2v) is 22.9. The van der Waals surface area contributed by atoms with Crippen LogP contribution in [0.1, 0.15) is 219 Å². The summed E-state index contributed by atoms with van der Waals surface area (Å²) in [5.41, 5.74) is 0. The van der Waals surface area contributed by atoms with Crippen LogP contribution in [0.4, 0.5) is 0 Å². The Bertz CT molecular complexity index is 1950. The average molecular weight is 1210 g/mol. The van der Waals surface area contributed by atoms with Crippen LogP contribution in [0.2, 0.25) is 0 Å². The molecule has 2 saturated heterocycles. The molecule has 0 aromatic heterocycles. The Morgan fingerprint density at radius 3 is 1.23 bits per heavy atom. The van der Waals surface area contributed by atoms with Gasteiger partial charge in [-0.2, -0.15) is 0 Å². The molecule has 0 aromatic rings. The molecule has 12 atom stereocenters. The maximum absolute atomic E-state index is 13.3. The van der Waals surface area contributed by atoms with E-state index in [0.29, 0.717) is 6.42 Å². The summed E-state index contributed by atoms with van der Waals surface area (Å²) in [6, 6.07) is -0.928. The lowest BCUT2D eigenvalue weighted by atomic mass is 9.97. The van der Waals surface area contributed by atoms with Gasteiger partial charge in [-0.05, 0) is 96.3 Å². The average Bonchev–Trinajstić information content (AvgIpc) is 2.76. The van der Waals surface area contributed by atoms with Crippen LogP contribution in [-0.2, 0) is 23.7 Å². The second kappa shape index (κ2) is 55.2. The summed E-state index contributed by atoms with van der Waals surface area (Å²) in [5, 5.41) is 87.1. The Morgan fingerprint density at radius 2 is 0.802 bits per heavy atom. The van der Waals surface area contributed by atoms with E-state index in [4.69, 9.17) is 18.9 Å². The molecule has 0 aliphatic carbocycles. The fourth-order valence-electron chi connectivity index (χ4n) is 10.0. The molecular formula is C72H119NO13. The highest BCUT2D eigenvalue weighted by molar-refractivity contribution is 5.76. The molecule has 1 amide bonds. The molecule has 2 fully saturated rings. The Morgan fingerprint density at radius 1 is 0.430 bits per heavy atom. The zero-order chi connectivity index (χ0) is 62.3. The molecule has 9 N–H and O–H groups in total. The highest BCUT2D eigenvalue weighted by atomic mass is 16.7. The highest BCUT2D eigenvalue weighted by Gasteiger charge is 2.51. The van der Waals surface area contributed by atoms with Crippen LogP contribution in [0.5, 0.6) is 0 Å². The highest BCUT2D eigenvalue weighted by Crippen LogP contribution is 2.30. The predicted molar refractivity (Wildman–Crippen MR) is 350 cm³/mol. The molecule has 0 bridgehead atoms. The molecule has 0 radical (unpaired) electrons. The number of hydrogen-bond donors (Lipinski definition) is 9. The molecule has 86 heavy (non-hydrogen) atoms. The van der Waals surface area contributed by atoms with Crippen LogP contribution < -0.4 is 5.32 Å². The fourth-order valence-corrected chi connectivity index (χ4v) is 10.0. The van der Waals surface area contributed by atoms with Crippen molar-refractivity contribution in [1.82, 2.24) is 5.32 Å². The van der Waals surface area contributed by atoms with Crippen molar-refractivity contribution in [3.63, 3.8) is 0 Å². The van der Waals surface area contributed by atoms with Crippen molar-refractivity contribution in [2.24, 2.45) is 0 Å². The van der Waals surface area contributed by atoms with Crippen LogP contribution in [0.25, 0.3) is 0 Å². The molecule has 0 aromatic carbocycles. The summed E-state index contributed by atoms with van der Waals surface area (Å²) >= 11 is 0. The molecule has 2 aliphatic heterocycles. The topological polar surface area (TPSA) is 228 Å². The van der Waals surface area contributed by atoms with Gasteiger partial charge in [-0.1, -0.05) is 250 Å². The van der Waals surface area contributed by atoms with E-state index in [1.54, 1.807) is 6.08 Å². The van der Waals surface area contributed by atoms with E-state index < -0.39 is 86.8 Å². The van der Waals surface area contributed by atoms with Crippen LogP contribution in [0.3, 0.4) is 0 Å². The number of unbranched alkanes of at least 4 members (excludes halogenated alkanes) is 19. The molecule has 14 heteroatoms. The summed E-state index contributed by atoms with van der Waals surface area (Å²) in [4.78, 5) is 13.3. The minimum atomic E-state index is -1.79. The summed E-state index contributed by atoms with van der Waals surface area (Å²) in [7, 11) is 0. The number of ether oxygens (including phenoxy) is 4. The van der Waals surface area contributed by atoms with Gasteiger partial charge in [0.05, 0.1) is 32.0 Å². The molecule has 2 aliphatic rings. The maximum atomic E-state index is 13.3. The van der Waals surface area contributed by atoms with Crippen molar-refractivity contribution in [1.29, 1.82) is 0 Å². The normalized spacial score (nSPS) is 24.3. The molecule has 12 unspecified atom stereocenters. The van der Waals surface area contributed by atoms with Gasteiger partial charge in [-0.15, -0.1) is 0 Å². The van der Waals surface area contributed by atoms with Gasteiger partial charge in [0.2, 0.25) is 5.91 Å². The Balaban J connectivity index is 1.63. The molecular weight excluding hydrogens is 1090 g/mol. The van der Waals surface area contributed by atoms with E-state index in [-0.39, 0.29) is 18.9 Å². The Labute approximate surface area is 520 Å². The SMILES string of the molecule is CC/C=C\C/C=C\C/C=C\C/C=C\C/C=C\C/C=C\C/C=C\C/C=C\C/C=C\C/C=C\CCCCCCCCCCC(=O)NC(COC1OC(CO)C(OC2OC(CO)C(O)C(O)C2O)C(O)C1O)C(O)/C=C/CCCCCCCCCCCCC. The van der Waals surface area contributed by atoms with Gasteiger partial charge in [0.25, 0.3) is 0 Å². The van der Waals surface area contributed by atoms with Crippen LogP contribution in [0, 0.1) is 0 Å². The fraction of sp³-hybridized carbons (Fsp3) is 0.681. The summed E-state index contributed by atoms with van der Waals surface area (Å²) < 4.78 is 22.8. The van der Waals surface area contributed by atoms with Crippen LogP contribution in [-0.4, -0.2) is 140 Å². The van der Waals surface area contributed by atoms with Crippen molar-refractivity contribution in [3.05, 3.63) is 134 Å². The van der Waals surface area contributed by atoms with Gasteiger partial charge in [-0.3, -0.25) is 4.79 Å². The van der Waals surface area contributed by atoms with Crippen molar-refractivity contribution >= 4 is 5.91 Å². The number of amides is 1. The molecule has 490 valence electrons. The smallest absolute Gasteiger partial charge is 0.220 e. The van der Waals surface area contributed by atoms with Gasteiger partial charge in [-0.25, -0.2) is 0 Å². The molecule has 2 rings (SSSR count). The molecule has 2 heterocycles. The number of aliphatic hydroxyl groups is 8. The number of hydrogen-bond acceptors (Lipinski definition) is 13. The first-order valence-electron chi connectivity index (χ1n) is 33.4. The number of aliphatic hydroxyl groups excluding tert-OH is 8. The molecule has 0 saturated carbocycles. The third-order valence-corrected chi connectivity index (χ3v) is 15.3. The van der Waals surface area contributed by atoms with E-state index in [9.17, 15) is 45.6 Å². The van der Waals surface area contributed by atoms with E-state index >= 15 is 0 Å². The first kappa shape index (κ1) is 78.2. The lowest BCUT2D eigenvalue weighted by Gasteiger charge is -2.46. The largest absolute Gasteiger partial charge is 0.394 e. The Hall–Kier alpha value is -3.87. The third kappa shape index (κ3) is 39.2. The van der Waals surface area contributed by atoms with Crippen molar-refractivity contribution in [2.45, 2.75) is 293 Å². The lowest BCUT2D eigenvalue weighted by Crippen LogP contribution is -2.65. The van der Waals surface area contributed by atoms with Gasteiger partial charge >= 0.3 is 0 Å². The first-order valence-corrected chi connectivity index (χ1v) is 33.4. The van der Waals surface area contributed by atoms with Crippen LogP contribution in [0.15, 0.2) is 134 Å². The van der Waals surface area contributed by atoms with E-state index in [1.165, 1.54) is 77.0 Å². The van der Waals surface area contributed by atoms with E-state index in [1.807, 2.05) is 6.08 Å². The van der Waals surface area contributed by atoms with Crippen molar-refractivity contribution in [2.75, 3.05) is 19.8 Å². The lowest BCUT2D eigenvalue weighted by molar-refractivity contribution is -0.359. The van der Waals surface area contributed by atoms with Crippen molar-refractivity contribution in [3.8, 4) is 0 Å². The standard InChI is InChI=1S/C72H119NO13/c1-3-5-7-9-11-13-15-17-18-19-20-21-22-23-24-25-26-27-28-29-30-31-32-33-34-35-36-37-38-39-40-41-42-44-46-48-50-52-54-56-64(77)73-60(61(76)55-53-51-49-47-45-43-16-14-12-10-8-6-4-2)59-83-71-69(82)67(80)70(63(58-75)85-71)86-72-68(81)66(79)65(78)62(57-74)84-72/h5,7,11,13,17-18,20-21,23-24,26-27,29-30,32-33,35-36,38-39,53,55,60-63,65-72,74-76,78-82H,3-4,6,8-10,12,14-16,19,22,25,28,31,34,37,40-52,54,56-59H2,1-2H3,(H,73,77)/b7-5-,13-11-,18-17-,21-20-,24-23-,27-26-,30-29-,33-32-,36-35-,39-38-,55-53+. The second-order valence-electron chi connectivity index (χ2n) is 22.9.